The zero-order valence-corrected chi connectivity index (χ0v) is 19.1. The minimum Gasteiger partial charge on any atom is -0.474 e. The first kappa shape index (κ1) is 23.1. The molecule has 3 rings (SSSR count). The van der Waals surface area contributed by atoms with Crippen molar-refractivity contribution in [3.8, 4) is 17.5 Å². The summed E-state index contributed by atoms with van der Waals surface area (Å²) in [6, 6.07) is 4.17. The van der Waals surface area contributed by atoms with Gasteiger partial charge in [0.2, 0.25) is 17.7 Å². The lowest BCUT2D eigenvalue weighted by atomic mass is 10.1. The lowest BCUT2D eigenvalue weighted by molar-refractivity contribution is -0.133. The summed E-state index contributed by atoms with van der Waals surface area (Å²) in [5, 5.41) is 0. The first-order valence-electron chi connectivity index (χ1n) is 10.3. The van der Waals surface area contributed by atoms with Crippen molar-refractivity contribution in [1.29, 1.82) is 0 Å². The minimum absolute atomic E-state index is 0.0149. The van der Waals surface area contributed by atoms with Crippen LogP contribution in [-0.2, 0) is 15.6 Å². The number of piperidine rings is 1. The molecule has 1 atom stereocenters. The van der Waals surface area contributed by atoms with Crippen molar-refractivity contribution in [3.63, 3.8) is 0 Å². The molecule has 0 saturated carbocycles. The highest BCUT2D eigenvalue weighted by atomic mass is 32.2. The number of aromatic nitrogens is 2. The van der Waals surface area contributed by atoms with Gasteiger partial charge in [-0.2, -0.15) is 0 Å². The smallest absolute Gasteiger partial charge is 0.229 e. The number of likely N-dealkylation sites (tertiary alicyclic amines) is 1. The van der Waals surface area contributed by atoms with Crippen molar-refractivity contribution in [2.75, 3.05) is 19.3 Å². The molecular weight excluding hydrogens is 421 g/mol. The van der Waals surface area contributed by atoms with Crippen LogP contribution in [0.3, 0.4) is 0 Å². The van der Waals surface area contributed by atoms with E-state index in [4.69, 9.17) is 9.47 Å². The van der Waals surface area contributed by atoms with Gasteiger partial charge in [-0.05, 0) is 31.0 Å². The molecule has 2 aromatic rings. The highest BCUT2D eigenvalue weighted by Crippen LogP contribution is 2.31. The minimum atomic E-state index is -1.28. The summed E-state index contributed by atoms with van der Waals surface area (Å²) in [6.45, 7) is 7.13. The Labute approximate surface area is 184 Å². The van der Waals surface area contributed by atoms with Gasteiger partial charge < -0.3 is 14.4 Å². The molecule has 0 N–H and O–H groups in total. The Kier molecular flexibility index (Phi) is 7.59. The Balaban J connectivity index is 1.64. The number of amides is 1. The van der Waals surface area contributed by atoms with E-state index in [1.165, 1.54) is 24.7 Å². The molecule has 1 aliphatic rings. The van der Waals surface area contributed by atoms with Gasteiger partial charge >= 0.3 is 0 Å². The van der Waals surface area contributed by atoms with Gasteiger partial charge in [0.1, 0.15) is 12.4 Å². The molecule has 2 heterocycles. The van der Waals surface area contributed by atoms with E-state index in [1.807, 2.05) is 18.7 Å². The van der Waals surface area contributed by atoms with Crippen LogP contribution < -0.4 is 9.47 Å². The van der Waals surface area contributed by atoms with Gasteiger partial charge in [0.25, 0.3) is 0 Å². The molecule has 1 aromatic heterocycles. The molecule has 0 bridgehead atoms. The van der Waals surface area contributed by atoms with Crippen LogP contribution in [0.5, 0.6) is 17.5 Å². The summed E-state index contributed by atoms with van der Waals surface area (Å²) in [6.07, 6.45) is 4.72. The first-order valence-corrected chi connectivity index (χ1v) is 11.9. The Bertz CT molecular complexity index is 962. The maximum Gasteiger partial charge on any atom is 0.229 e. The lowest BCUT2D eigenvalue weighted by Crippen LogP contribution is -2.42. The third-order valence-electron chi connectivity index (χ3n) is 5.09. The quantitative estimate of drug-likeness (QED) is 0.638. The number of ether oxygens (including phenoxy) is 2. The van der Waals surface area contributed by atoms with Gasteiger partial charge in [-0.15, -0.1) is 0 Å². The van der Waals surface area contributed by atoms with Gasteiger partial charge in [0.15, 0.2) is 11.6 Å². The molecule has 1 unspecified atom stereocenters. The van der Waals surface area contributed by atoms with E-state index in [1.54, 1.807) is 13.0 Å². The van der Waals surface area contributed by atoms with Gasteiger partial charge in [-0.25, -0.2) is 14.4 Å². The molecule has 1 aliphatic heterocycles. The molecule has 0 radical (unpaired) electrons. The molecule has 0 aliphatic carbocycles. The van der Waals surface area contributed by atoms with Crippen LogP contribution in [0.25, 0.3) is 0 Å². The molecule has 9 heteroatoms. The van der Waals surface area contributed by atoms with Crippen molar-refractivity contribution in [2.45, 2.75) is 51.0 Å². The van der Waals surface area contributed by atoms with Gasteiger partial charge in [0, 0.05) is 54.3 Å². The summed E-state index contributed by atoms with van der Waals surface area (Å²) < 4.78 is 37.5. The van der Waals surface area contributed by atoms with Crippen LogP contribution in [0.1, 0.15) is 38.7 Å². The molecule has 168 valence electrons. The first-order chi connectivity index (χ1) is 14.7. The third kappa shape index (κ3) is 6.00. The molecule has 31 heavy (non-hydrogen) atoms. The summed E-state index contributed by atoms with van der Waals surface area (Å²) in [5.74, 6) is 0.462. The van der Waals surface area contributed by atoms with Gasteiger partial charge in [-0.1, -0.05) is 13.8 Å². The Hall–Kier alpha value is -2.55. The summed E-state index contributed by atoms with van der Waals surface area (Å²) in [4.78, 5) is 22.8. The van der Waals surface area contributed by atoms with Crippen LogP contribution in [0.15, 0.2) is 29.4 Å². The molecular formula is C22H28FN3O4S. The second kappa shape index (κ2) is 10.2. The number of hydrogen-bond acceptors (Lipinski definition) is 6. The summed E-state index contributed by atoms with van der Waals surface area (Å²) in [5.41, 5.74) is 0.559. The van der Waals surface area contributed by atoms with Gasteiger partial charge in [-0.3, -0.25) is 9.00 Å². The average Bonchev–Trinajstić information content (AvgIpc) is 2.72. The van der Waals surface area contributed by atoms with Crippen LogP contribution in [0.2, 0.25) is 0 Å². The lowest BCUT2D eigenvalue weighted by Gasteiger charge is -2.32. The van der Waals surface area contributed by atoms with E-state index in [-0.39, 0.29) is 23.6 Å². The maximum absolute atomic E-state index is 14.3. The predicted octanol–water partition coefficient (Wildman–Crippen LogP) is 3.87. The van der Waals surface area contributed by atoms with E-state index in [2.05, 4.69) is 9.97 Å². The molecule has 7 nitrogen and oxygen atoms in total. The van der Waals surface area contributed by atoms with Crippen LogP contribution in [0, 0.1) is 18.7 Å². The van der Waals surface area contributed by atoms with Crippen LogP contribution >= 0.6 is 0 Å². The van der Waals surface area contributed by atoms with E-state index < -0.39 is 16.6 Å². The van der Waals surface area contributed by atoms with Crippen LogP contribution in [0.4, 0.5) is 4.39 Å². The number of carbonyl (C=O) groups is 1. The van der Waals surface area contributed by atoms with E-state index in [0.29, 0.717) is 54.6 Å². The van der Waals surface area contributed by atoms with Crippen molar-refractivity contribution < 1.29 is 22.9 Å². The monoisotopic (exact) mass is 449 g/mol. The molecule has 1 aromatic carbocycles. The second-order valence-corrected chi connectivity index (χ2v) is 9.43. The topological polar surface area (TPSA) is 81.6 Å². The predicted molar refractivity (Wildman–Crippen MR) is 115 cm³/mol. The van der Waals surface area contributed by atoms with Crippen molar-refractivity contribution >= 4 is 16.7 Å². The molecule has 0 spiro atoms. The van der Waals surface area contributed by atoms with Crippen molar-refractivity contribution in [2.24, 2.45) is 5.92 Å². The standard InChI is InChI=1S/C22H28FN3O4S/c1-14(2)11-20(27)26-9-7-16(8-10-26)29-21-15(3)22(25-13-24-21)30-19-6-5-17(31(4)28)12-18(19)23/h5-6,12-14,16H,7-11H2,1-4H3. The molecule has 1 saturated heterocycles. The zero-order valence-electron chi connectivity index (χ0n) is 18.3. The number of benzene rings is 1. The Morgan fingerprint density at radius 2 is 1.94 bits per heavy atom. The van der Waals surface area contributed by atoms with E-state index >= 15 is 0 Å². The number of carbonyl (C=O) groups excluding carboxylic acids is 1. The summed E-state index contributed by atoms with van der Waals surface area (Å²) >= 11 is 0. The number of hydrogen-bond donors (Lipinski definition) is 0. The van der Waals surface area contributed by atoms with E-state index in [9.17, 15) is 13.4 Å². The average molecular weight is 450 g/mol. The number of rotatable bonds is 7. The maximum atomic E-state index is 14.3. The highest BCUT2D eigenvalue weighted by molar-refractivity contribution is 7.84. The van der Waals surface area contributed by atoms with Crippen LogP contribution in [-0.4, -0.2) is 50.4 Å². The fourth-order valence-corrected chi connectivity index (χ4v) is 3.88. The summed E-state index contributed by atoms with van der Waals surface area (Å²) in [7, 11) is -1.28. The molecule has 1 amide bonds. The van der Waals surface area contributed by atoms with Crippen molar-refractivity contribution in [1.82, 2.24) is 14.9 Å². The Morgan fingerprint density at radius 3 is 2.55 bits per heavy atom. The van der Waals surface area contributed by atoms with Gasteiger partial charge in [0.05, 0.1) is 5.56 Å². The zero-order chi connectivity index (χ0) is 22.5. The van der Waals surface area contributed by atoms with E-state index in [0.717, 1.165) is 0 Å². The largest absolute Gasteiger partial charge is 0.474 e. The Morgan fingerprint density at radius 1 is 1.26 bits per heavy atom. The highest BCUT2D eigenvalue weighted by Gasteiger charge is 2.25. The third-order valence-corrected chi connectivity index (χ3v) is 6.01. The molecule has 1 fully saturated rings. The number of halogens is 1. The number of nitrogens with zero attached hydrogens (tertiary/aromatic N) is 3. The fourth-order valence-electron chi connectivity index (χ4n) is 3.35. The normalized spacial score (nSPS) is 15.7. The van der Waals surface area contributed by atoms with Crippen molar-refractivity contribution in [3.05, 3.63) is 35.9 Å². The fraction of sp³-hybridized carbons (Fsp3) is 0.500. The second-order valence-electron chi connectivity index (χ2n) is 8.05. The SMILES string of the molecule is Cc1c(Oc2ccc(S(C)=O)cc2F)ncnc1OC1CCN(C(=O)CC(C)C)CC1.